The fourth-order valence-electron chi connectivity index (χ4n) is 3.55. The SMILES string of the molecule is CC1=C(c2ccc(OCc3ccccc3)cc2C)N(C)C(O)N(C(=O)OC(C)(C)C)C1=O. The summed E-state index contributed by atoms with van der Waals surface area (Å²) in [5.41, 5.74) is 2.81. The van der Waals surface area contributed by atoms with Gasteiger partial charge in [0.25, 0.3) is 5.91 Å². The van der Waals surface area contributed by atoms with E-state index in [4.69, 9.17) is 9.47 Å². The van der Waals surface area contributed by atoms with E-state index < -0.39 is 24.0 Å². The van der Waals surface area contributed by atoms with Gasteiger partial charge in [-0.2, -0.15) is 4.90 Å². The van der Waals surface area contributed by atoms with Gasteiger partial charge >= 0.3 is 6.09 Å². The van der Waals surface area contributed by atoms with Gasteiger partial charge in [0.1, 0.15) is 18.0 Å². The molecule has 2 aromatic rings. The Labute approximate surface area is 188 Å². The Balaban J connectivity index is 1.86. The van der Waals surface area contributed by atoms with E-state index in [9.17, 15) is 14.7 Å². The Kier molecular flexibility index (Phi) is 6.60. The summed E-state index contributed by atoms with van der Waals surface area (Å²) < 4.78 is 11.2. The van der Waals surface area contributed by atoms with Gasteiger partial charge in [0.05, 0.1) is 5.70 Å². The van der Waals surface area contributed by atoms with Crippen molar-refractivity contribution >= 4 is 17.7 Å². The van der Waals surface area contributed by atoms with E-state index >= 15 is 0 Å². The van der Waals surface area contributed by atoms with Gasteiger partial charge in [-0.3, -0.25) is 4.79 Å². The number of aliphatic hydroxyl groups is 1. The van der Waals surface area contributed by atoms with E-state index in [1.165, 1.54) is 4.90 Å². The summed E-state index contributed by atoms with van der Waals surface area (Å²) in [5, 5.41) is 10.8. The molecule has 0 saturated carbocycles. The van der Waals surface area contributed by atoms with Crippen molar-refractivity contribution in [1.29, 1.82) is 0 Å². The van der Waals surface area contributed by atoms with Crippen LogP contribution >= 0.6 is 0 Å². The van der Waals surface area contributed by atoms with E-state index in [-0.39, 0.29) is 0 Å². The second kappa shape index (κ2) is 9.04. The Bertz CT molecular complexity index is 1040. The zero-order valence-electron chi connectivity index (χ0n) is 19.4. The van der Waals surface area contributed by atoms with Crippen LogP contribution in [0.5, 0.6) is 5.75 Å². The Morgan fingerprint density at radius 1 is 1.09 bits per heavy atom. The molecular formula is C25H30N2O5. The summed E-state index contributed by atoms with van der Waals surface area (Å²) in [4.78, 5) is 27.7. The first-order valence-electron chi connectivity index (χ1n) is 10.5. The van der Waals surface area contributed by atoms with Crippen molar-refractivity contribution in [2.24, 2.45) is 0 Å². The first-order valence-corrected chi connectivity index (χ1v) is 10.5. The van der Waals surface area contributed by atoms with Gasteiger partial charge < -0.3 is 19.5 Å². The molecule has 0 saturated heterocycles. The predicted molar refractivity (Wildman–Crippen MR) is 121 cm³/mol. The highest BCUT2D eigenvalue weighted by Gasteiger charge is 2.41. The first-order chi connectivity index (χ1) is 15.0. The molecule has 7 heteroatoms. The molecule has 1 N–H and O–H groups in total. The van der Waals surface area contributed by atoms with Crippen molar-refractivity contribution in [2.75, 3.05) is 7.05 Å². The summed E-state index contributed by atoms with van der Waals surface area (Å²) in [6.45, 7) is 9.10. The van der Waals surface area contributed by atoms with Gasteiger partial charge in [-0.15, -0.1) is 0 Å². The van der Waals surface area contributed by atoms with Gasteiger partial charge in [-0.25, -0.2) is 4.79 Å². The maximum Gasteiger partial charge on any atom is 0.421 e. The van der Waals surface area contributed by atoms with Crippen molar-refractivity contribution in [3.05, 3.63) is 70.8 Å². The quantitative estimate of drug-likeness (QED) is 0.767. The number of rotatable bonds is 4. The van der Waals surface area contributed by atoms with Crippen LogP contribution in [0, 0.1) is 6.92 Å². The van der Waals surface area contributed by atoms with Crippen LogP contribution in [0.2, 0.25) is 0 Å². The van der Waals surface area contributed by atoms with E-state index in [0.29, 0.717) is 23.6 Å². The minimum absolute atomic E-state index is 0.338. The topological polar surface area (TPSA) is 79.3 Å². The molecular weight excluding hydrogens is 408 g/mol. The third-order valence-electron chi connectivity index (χ3n) is 5.12. The molecule has 1 unspecified atom stereocenters. The molecule has 32 heavy (non-hydrogen) atoms. The molecule has 2 amide bonds. The molecule has 1 aliphatic heterocycles. The smallest absolute Gasteiger partial charge is 0.421 e. The van der Waals surface area contributed by atoms with Gasteiger partial charge in [-0.1, -0.05) is 30.3 Å². The zero-order chi connectivity index (χ0) is 23.6. The van der Waals surface area contributed by atoms with Crippen molar-refractivity contribution in [3.63, 3.8) is 0 Å². The van der Waals surface area contributed by atoms with Crippen LogP contribution < -0.4 is 4.74 Å². The lowest BCUT2D eigenvalue weighted by Crippen LogP contribution is -2.56. The van der Waals surface area contributed by atoms with Crippen molar-refractivity contribution in [1.82, 2.24) is 9.80 Å². The highest BCUT2D eigenvalue weighted by atomic mass is 16.6. The molecule has 1 atom stereocenters. The second-order valence-electron chi connectivity index (χ2n) is 8.84. The number of amides is 2. The lowest BCUT2D eigenvalue weighted by Gasteiger charge is -2.40. The number of hydrogen-bond donors (Lipinski definition) is 1. The lowest BCUT2D eigenvalue weighted by atomic mass is 9.98. The van der Waals surface area contributed by atoms with E-state index in [2.05, 4.69) is 0 Å². The minimum atomic E-state index is -1.48. The molecule has 2 aromatic carbocycles. The molecule has 170 valence electrons. The summed E-state index contributed by atoms with van der Waals surface area (Å²) in [6, 6.07) is 15.5. The van der Waals surface area contributed by atoms with Crippen LogP contribution in [-0.2, 0) is 16.1 Å². The Morgan fingerprint density at radius 3 is 2.34 bits per heavy atom. The van der Waals surface area contributed by atoms with Crippen molar-refractivity contribution in [2.45, 2.75) is 53.2 Å². The Morgan fingerprint density at radius 2 is 1.75 bits per heavy atom. The maximum atomic E-state index is 13.0. The summed E-state index contributed by atoms with van der Waals surface area (Å²) in [7, 11) is 1.63. The largest absolute Gasteiger partial charge is 0.489 e. The van der Waals surface area contributed by atoms with Crippen LogP contribution in [0.25, 0.3) is 5.70 Å². The molecule has 3 rings (SSSR count). The third-order valence-corrected chi connectivity index (χ3v) is 5.12. The highest BCUT2D eigenvalue weighted by molar-refractivity contribution is 6.08. The number of benzene rings is 2. The van der Waals surface area contributed by atoms with Gasteiger partial charge in [-0.05, 0) is 63.9 Å². The normalized spacial score (nSPS) is 17.0. The van der Waals surface area contributed by atoms with E-state index in [1.807, 2.05) is 55.5 Å². The van der Waals surface area contributed by atoms with Crippen LogP contribution in [0.15, 0.2) is 54.1 Å². The predicted octanol–water partition coefficient (Wildman–Crippen LogP) is 4.29. The van der Waals surface area contributed by atoms with E-state index in [1.54, 1.807) is 34.7 Å². The number of aliphatic hydroxyl groups excluding tert-OH is 1. The number of carbonyl (C=O) groups is 2. The number of aryl methyl sites for hydroxylation is 1. The molecule has 0 fully saturated rings. The van der Waals surface area contributed by atoms with Crippen LogP contribution in [0.4, 0.5) is 4.79 Å². The third kappa shape index (κ3) is 4.94. The molecule has 0 aromatic heterocycles. The van der Waals surface area contributed by atoms with E-state index in [0.717, 1.165) is 21.6 Å². The molecule has 0 aliphatic carbocycles. The molecule has 0 radical (unpaired) electrons. The minimum Gasteiger partial charge on any atom is -0.489 e. The van der Waals surface area contributed by atoms with Crippen LogP contribution in [-0.4, -0.2) is 45.9 Å². The molecule has 1 heterocycles. The number of ether oxygens (including phenoxy) is 2. The number of hydrogen-bond acceptors (Lipinski definition) is 6. The zero-order valence-corrected chi connectivity index (χ0v) is 19.4. The van der Waals surface area contributed by atoms with Crippen LogP contribution in [0.3, 0.4) is 0 Å². The summed E-state index contributed by atoms with van der Waals surface area (Å²) in [6.07, 6.45) is -2.37. The summed E-state index contributed by atoms with van der Waals surface area (Å²) >= 11 is 0. The van der Waals surface area contributed by atoms with Gasteiger partial charge in [0.2, 0.25) is 6.35 Å². The van der Waals surface area contributed by atoms with Gasteiger partial charge in [0.15, 0.2) is 0 Å². The monoisotopic (exact) mass is 438 g/mol. The molecule has 7 nitrogen and oxygen atoms in total. The first kappa shape index (κ1) is 23.3. The average Bonchev–Trinajstić information content (AvgIpc) is 2.72. The van der Waals surface area contributed by atoms with Crippen molar-refractivity contribution in [3.8, 4) is 5.75 Å². The van der Waals surface area contributed by atoms with Gasteiger partial charge in [0, 0.05) is 18.2 Å². The fourth-order valence-corrected chi connectivity index (χ4v) is 3.55. The second-order valence-corrected chi connectivity index (χ2v) is 8.84. The number of carbonyl (C=O) groups excluding carboxylic acids is 2. The highest BCUT2D eigenvalue weighted by Crippen LogP contribution is 2.34. The fraction of sp³-hybridized carbons (Fsp3) is 0.360. The molecule has 0 spiro atoms. The summed E-state index contributed by atoms with van der Waals surface area (Å²) in [5.74, 6) is 0.109. The average molecular weight is 439 g/mol. The standard InChI is InChI=1S/C25H30N2O5/c1-16-14-19(31-15-18-10-8-7-9-11-18)12-13-20(16)21-17(2)22(28)27(23(29)26(21)6)24(30)32-25(3,4)5/h7-14,23,29H,15H2,1-6H3. The van der Waals surface area contributed by atoms with Crippen LogP contribution in [0.1, 0.15) is 44.4 Å². The Hall–Kier alpha value is -3.32. The number of nitrogens with zero attached hydrogens (tertiary/aromatic N) is 2. The lowest BCUT2D eigenvalue weighted by molar-refractivity contribution is -0.147. The number of imide groups is 1. The van der Waals surface area contributed by atoms with Crippen molar-refractivity contribution < 1.29 is 24.2 Å². The maximum absolute atomic E-state index is 13.0. The molecule has 0 bridgehead atoms. The molecule has 1 aliphatic rings.